The lowest BCUT2D eigenvalue weighted by Crippen LogP contribution is -2.36. The molecule has 0 saturated carbocycles. The van der Waals surface area contributed by atoms with E-state index in [1.807, 2.05) is 4.90 Å². The molecule has 2 heterocycles. The Balaban J connectivity index is 1.63. The number of carbonyl (C=O) groups excluding carboxylic acids is 1. The Morgan fingerprint density at radius 1 is 1.04 bits per heavy atom. The molecule has 0 atom stereocenters. The van der Waals surface area contributed by atoms with Crippen LogP contribution in [0.25, 0.3) is 11.4 Å². The predicted octanol–water partition coefficient (Wildman–Crippen LogP) is 2.27. The summed E-state index contributed by atoms with van der Waals surface area (Å²) >= 11 is 0. The van der Waals surface area contributed by atoms with Crippen LogP contribution in [0.1, 0.15) is 32.1 Å². The van der Waals surface area contributed by atoms with E-state index in [1.165, 1.54) is 36.2 Å². The molecule has 1 aliphatic heterocycles. The minimum absolute atomic E-state index is 0.0231. The fourth-order valence-corrected chi connectivity index (χ4v) is 2.74. The SMILES string of the molecule is O=C(Cn1nnc(-c2ccc(F)cc2)n1)N1CCCCCCC1. The van der Waals surface area contributed by atoms with Gasteiger partial charge in [0.1, 0.15) is 12.4 Å². The normalized spacial score (nSPS) is 16.0. The maximum absolute atomic E-state index is 12.9. The molecule has 0 aliphatic carbocycles. The first-order valence-electron chi connectivity index (χ1n) is 8.04. The van der Waals surface area contributed by atoms with Crippen LogP contribution in [0.15, 0.2) is 24.3 Å². The van der Waals surface area contributed by atoms with Crippen LogP contribution in [0, 0.1) is 5.82 Å². The van der Waals surface area contributed by atoms with Gasteiger partial charge in [0.25, 0.3) is 0 Å². The third-order valence-corrected chi connectivity index (χ3v) is 4.04. The molecule has 0 unspecified atom stereocenters. The van der Waals surface area contributed by atoms with E-state index in [0.717, 1.165) is 25.9 Å². The molecule has 6 nitrogen and oxygen atoms in total. The number of amides is 1. The fourth-order valence-electron chi connectivity index (χ4n) is 2.74. The number of aromatic nitrogens is 4. The van der Waals surface area contributed by atoms with Gasteiger partial charge in [-0.2, -0.15) is 4.80 Å². The third-order valence-electron chi connectivity index (χ3n) is 4.04. The van der Waals surface area contributed by atoms with Crippen LogP contribution in [0.5, 0.6) is 0 Å². The highest BCUT2D eigenvalue weighted by Crippen LogP contribution is 2.14. The molecular formula is C16H20FN5O. The average Bonchev–Trinajstić information content (AvgIpc) is 2.96. The summed E-state index contributed by atoms with van der Waals surface area (Å²) < 4.78 is 12.9. The van der Waals surface area contributed by atoms with E-state index in [-0.39, 0.29) is 18.3 Å². The topological polar surface area (TPSA) is 63.9 Å². The van der Waals surface area contributed by atoms with Crippen molar-refractivity contribution in [3.8, 4) is 11.4 Å². The van der Waals surface area contributed by atoms with E-state index in [4.69, 9.17) is 0 Å². The monoisotopic (exact) mass is 317 g/mol. The van der Waals surface area contributed by atoms with Gasteiger partial charge in [0.15, 0.2) is 0 Å². The molecule has 0 spiro atoms. The molecule has 7 heteroatoms. The summed E-state index contributed by atoms with van der Waals surface area (Å²) in [5, 5.41) is 12.1. The minimum Gasteiger partial charge on any atom is -0.341 e. The van der Waals surface area contributed by atoms with Crippen molar-refractivity contribution in [2.24, 2.45) is 0 Å². The molecule has 1 aromatic heterocycles. The van der Waals surface area contributed by atoms with E-state index >= 15 is 0 Å². The Bertz CT molecular complexity index is 647. The zero-order chi connectivity index (χ0) is 16.1. The van der Waals surface area contributed by atoms with Crippen LogP contribution in [0.4, 0.5) is 4.39 Å². The Morgan fingerprint density at radius 2 is 1.70 bits per heavy atom. The van der Waals surface area contributed by atoms with Crippen LogP contribution >= 0.6 is 0 Å². The number of hydrogen-bond acceptors (Lipinski definition) is 4. The van der Waals surface area contributed by atoms with Crippen LogP contribution in [0.2, 0.25) is 0 Å². The first-order chi connectivity index (χ1) is 11.2. The van der Waals surface area contributed by atoms with E-state index in [9.17, 15) is 9.18 Å². The van der Waals surface area contributed by atoms with Gasteiger partial charge in [0.2, 0.25) is 11.7 Å². The van der Waals surface area contributed by atoms with Gasteiger partial charge >= 0.3 is 0 Å². The summed E-state index contributed by atoms with van der Waals surface area (Å²) in [5.74, 6) is 0.105. The molecule has 0 radical (unpaired) electrons. The molecule has 1 saturated heterocycles. The number of nitrogens with zero attached hydrogens (tertiary/aromatic N) is 5. The number of rotatable bonds is 3. The first kappa shape index (κ1) is 15.6. The lowest BCUT2D eigenvalue weighted by molar-refractivity contribution is -0.132. The number of hydrogen-bond donors (Lipinski definition) is 0. The maximum Gasteiger partial charge on any atom is 0.246 e. The summed E-state index contributed by atoms with van der Waals surface area (Å²) in [7, 11) is 0. The zero-order valence-corrected chi connectivity index (χ0v) is 13.0. The summed E-state index contributed by atoms with van der Waals surface area (Å²) in [4.78, 5) is 15.6. The highest BCUT2D eigenvalue weighted by atomic mass is 19.1. The largest absolute Gasteiger partial charge is 0.341 e. The number of tetrazole rings is 1. The van der Waals surface area contributed by atoms with Crippen LogP contribution in [-0.4, -0.2) is 44.1 Å². The van der Waals surface area contributed by atoms with Gasteiger partial charge in [0.05, 0.1) is 0 Å². The standard InChI is InChI=1S/C16H20FN5O/c17-14-8-6-13(7-9-14)16-18-20-22(19-16)12-15(23)21-10-4-2-1-3-5-11-21/h6-9H,1-5,10-12H2. The minimum atomic E-state index is -0.312. The molecule has 0 bridgehead atoms. The summed E-state index contributed by atoms with van der Waals surface area (Å²) in [6.07, 6.45) is 5.72. The number of halogens is 1. The van der Waals surface area contributed by atoms with Crippen LogP contribution in [-0.2, 0) is 11.3 Å². The van der Waals surface area contributed by atoms with E-state index in [2.05, 4.69) is 15.4 Å². The predicted molar refractivity (Wildman–Crippen MR) is 82.9 cm³/mol. The molecule has 1 aromatic carbocycles. The third kappa shape index (κ3) is 4.12. The van der Waals surface area contributed by atoms with Crippen molar-refractivity contribution in [3.63, 3.8) is 0 Å². The van der Waals surface area contributed by atoms with Crippen molar-refractivity contribution < 1.29 is 9.18 Å². The number of likely N-dealkylation sites (tertiary alicyclic amines) is 1. The van der Waals surface area contributed by atoms with Crippen molar-refractivity contribution >= 4 is 5.91 Å². The van der Waals surface area contributed by atoms with Gasteiger partial charge in [-0.1, -0.05) is 19.3 Å². The van der Waals surface area contributed by atoms with Crippen molar-refractivity contribution in [1.29, 1.82) is 0 Å². The lowest BCUT2D eigenvalue weighted by Gasteiger charge is -2.24. The molecule has 23 heavy (non-hydrogen) atoms. The summed E-state index contributed by atoms with van der Waals surface area (Å²) in [5.41, 5.74) is 0.677. The highest BCUT2D eigenvalue weighted by Gasteiger charge is 2.17. The Hall–Kier alpha value is -2.31. The van der Waals surface area contributed by atoms with Crippen LogP contribution in [0.3, 0.4) is 0 Å². The highest BCUT2D eigenvalue weighted by molar-refractivity contribution is 5.75. The van der Waals surface area contributed by atoms with Crippen LogP contribution < -0.4 is 0 Å². The Kier molecular flexibility index (Phi) is 4.95. The second-order valence-electron chi connectivity index (χ2n) is 5.80. The second kappa shape index (κ2) is 7.30. The molecule has 1 fully saturated rings. The molecule has 122 valence electrons. The Labute approximate surface area is 134 Å². The van der Waals surface area contributed by atoms with Gasteiger partial charge in [0, 0.05) is 18.7 Å². The van der Waals surface area contributed by atoms with Gasteiger partial charge in [-0.3, -0.25) is 4.79 Å². The van der Waals surface area contributed by atoms with Gasteiger partial charge in [-0.05, 0) is 42.3 Å². The van der Waals surface area contributed by atoms with Crippen molar-refractivity contribution in [1.82, 2.24) is 25.1 Å². The fraction of sp³-hybridized carbons (Fsp3) is 0.500. The number of benzene rings is 1. The summed E-state index contributed by atoms with van der Waals surface area (Å²) in [6, 6.07) is 5.89. The average molecular weight is 317 g/mol. The van der Waals surface area contributed by atoms with Crippen molar-refractivity contribution in [2.45, 2.75) is 38.6 Å². The smallest absolute Gasteiger partial charge is 0.246 e. The molecular weight excluding hydrogens is 297 g/mol. The first-order valence-corrected chi connectivity index (χ1v) is 8.04. The molecule has 0 N–H and O–H groups in total. The van der Waals surface area contributed by atoms with Gasteiger partial charge < -0.3 is 4.90 Å². The molecule has 3 rings (SSSR count). The molecule has 2 aromatic rings. The van der Waals surface area contributed by atoms with Crippen molar-refractivity contribution in [2.75, 3.05) is 13.1 Å². The van der Waals surface area contributed by atoms with E-state index < -0.39 is 0 Å². The van der Waals surface area contributed by atoms with Gasteiger partial charge in [-0.15, -0.1) is 10.2 Å². The van der Waals surface area contributed by atoms with E-state index in [0.29, 0.717) is 11.4 Å². The maximum atomic E-state index is 12.9. The lowest BCUT2D eigenvalue weighted by atomic mass is 10.1. The Morgan fingerprint density at radius 3 is 2.39 bits per heavy atom. The number of carbonyl (C=O) groups is 1. The van der Waals surface area contributed by atoms with Crippen molar-refractivity contribution in [3.05, 3.63) is 30.1 Å². The second-order valence-corrected chi connectivity index (χ2v) is 5.80. The van der Waals surface area contributed by atoms with Gasteiger partial charge in [-0.25, -0.2) is 4.39 Å². The molecule has 1 amide bonds. The quantitative estimate of drug-likeness (QED) is 0.871. The van der Waals surface area contributed by atoms with E-state index in [1.54, 1.807) is 12.1 Å². The summed E-state index contributed by atoms with van der Waals surface area (Å²) in [6.45, 7) is 1.70. The zero-order valence-electron chi connectivity index (χ0n) is 13.0. The molecule has 1 aliphatic rings.